The van der Waals surface area contributed by atoms with Crippen molar-refractivity contribution in [3.8, 4) is 0 Å². The van der Waals surface area contributed by atoms with Crippen molar-refractivity contribution in [2.45, 2.75) is 30.7 Å². The summed E-state index contributed by atoms with van der Waals surface area (Å²) in [5.74, 6) is -4.28. The fourth-order valence-electron chi connectivity index (χ4n) is 1.50. The summed E-state index contributed by atoms with van der Waals surface area (Å²) in [4.78, 5) is -0.956. The molecule has 1 aromatic carbocycles. The molecule has 0 aliphatic rings. The molecule has 1 atom stereocenters. The number of rotatable bonds is 6. The molecule has 0 radical (unpaired) electrons. The van der Waals surface area contributed by atoms with Gasteiger partial charge >= 0.3 is 0 Å². The molecule has 0 aliphatic heterocycles. The summed E-state index contributed by atoms with van der Waals surface area (Å²) in [5.41, 5.74) is 0. The molecule has 0 aromatic heterocycles. The van der Waals surface area contributed by atoms with Crippen LogP contribution in [0.5, 0.6) is 0 Å². The molecular weight excluding hydrogens is 283 g/mol. The summed E-state index contributed by atoms with van der Waals surface area (Å²) in [6.07, 6.45) is 0.506. The van der Waals surface area contributed by atoms with Crippen LogP contribution in [0, 0.1) is 17.5 Å². The highest BCUT2D eigenvalue weighted by Gasteiger charge is 2.24. The Kier molecular flexibility index (Phi) is 5.33. The molecule has 0 fully saturated rings. The number of hydrogen-bond acceptors (Lipinski definition) is 3. The number of sulfonamides is 1. The molecule has 1 aromatic rings. The van der Waals surface area contributed by atoms with Crippen LogP contribution in [0.4, 0.5) is 13.2 Å². The van der Waals surface area contributed by atoms with Crippen LogP contribution < -0.4 is 4.72 Å². The number of aliphatic hydroxyl groups excluding tert-OH is 1. The lowest BCUT2D eigenvalue weighted by Gasteiger charge is -2.16. The molecular formula is C11H14F3NO3S. The lowest BCUT2D eigenvalue weighted by atomic mass is 10.2. The van der Waals surface area contributed by atoms with E-state index in [4.69, 9.17) is 5.11 Å². The second kappa shape index (κ2) is 6.36. The Balaban J connectivity index is 3.10. The zero-order valence-corrected chi connectivity index (χ0v) is 11.0. The van der Waals surface area contributed by atoms with Gasteiger partial charge in [0.25, 0.3) is 0 Å². The Morgan fingerprint density at radius 3 is 2.32 bits per heavy atom. The first kappa shape index (κ1) is 15.9. The van der Waals surface area contributed by atoms with Gasteiger partial charge in [0.05, 0.1) is 0 Å². The van der Waals surface area contributed by atoms with Crippen LogP contribution in [-0.2, 0) is 10.0 Å². The number of benzene rings is 1. The van der Waals surface area contributed by atoms with Crippen LogP contribution in [0.2, 0.25) is 0 Å². The van der Waals surface area contributed by atoms with E-state index in [0.29, 0.717) is 12.5 Å². The van der Waals surface area contributed by atoms with Gasteiger partial charge in [-0.15, -0.1) is 0 Å². The molecule has 0 saturated heterocycles. The van der Waals surface area contributed by atoms with E-state index in [9.17, 15) is 21.6 Å². The molecule has 0 spiro atoms. The van der Waals surface area contributed by atoms with E-state index < -0.39 is 38.4 Å². The van der Waals surface area contributed by atoms with Crippen molar-refractivity contribution in [3.05, 3.63) is 29.6 Å². The van der Waals surface area contributed by atoms with Gasteiger partial charge in [-0.3, -0.25) is 0 Å². The average molecular weight is 297 g/mol. The van der Waals surface area contributed by atoms with Crippen LogP contribution in [0.25, 0.3) is 0 Å². The molecule has 108 valence electrons. The van der Waals surface area contributed by atoms with Crippen molar-refractivity contribution in [1.82, 2.24) is 4.72 Å². The molecule has 0 saturated carbocycles. The van der Waals surface area contributed by atoms with Crippen LogP contribution in [0.3, 0.4) is 0 Å². The van der Waals surface area contributed by atoms with Gasteiger partial charge < -0.3 is 5.11 Å². The fourth-order valence-corrected chi connectivity index (χ4v) is 2.92. The number of nitrogens with one attached hydrogen (secondary N) is 1. The van der Waals surface area contributed by atoms with Crippen molar-refractivity contribution in [3.63, 3.8) is 0 Å². The Morgan fingerprint density at radius 2 is 1.79 bits per heavy atom. The van der Waals surface area contributed by atoms with Crippen molar-refractivity contribution < 1.29 is 26.7 Å². The largest absolute Gasteiger partial charge is 0.396 e. The minimum absolute atomic E-state index is 0.140. The van der Waals surface area contributed by atoms with Gasteiger partial charge in [0.15, 0.2) is 11.6 Å². The lowest BCUT2D eigenvalue weighted by molar-refractivity contribution is 0.270. The summed E-state index contributed by atoms with van der Waals surface area (Å²) in [5, 5.41) is 8.75. The Labute approximate surface area is 109 Å². The maximum Gasteiger partial charge on any atom is 0.243 e. The van der Waals surface area contributed by atoms with Gasteiger partial charge in [-0.25, -0.2) is 26.3 Å². The van der Waals surface area contributed by atoms with Gasteiger partial charge in [-0.2, -0.15) is 0 Å². The lowest BCUT2D eigenvalue weighted by Crippen LogP contribution is -2.35. The normalized spacial score (nSPS) is 13.5. The molecule has 0 bridgehead atoms. The summed E-state index contributed by atoms with van der Waals surface area (Å²) >= 11 is 0. The third-order valence-corrected chi connectivity index (χ3v) is 4.09. The second-order valence-electron chi connectivity index (χ2n) is 3.94. The summed E-state index contributed by atoms with van der Waals surface area (Å²) in [6, 6.07) is -0.141. The van der Waals surface area contributed by atoms with E-state index in [1.54, 1.807) is 6.92 Å². The predicted molar refractivity (Wildman–Crippen MR) is 62.4 cm³/mol. The van der Waals surface area contributed by atoms with Gasteiger partial charge in [-0.1, -0.05) is 6.92 Å². The van der Waals surface area contributed by atoms with Crippen LogP contribution in [0.1, 0.15) is 19.8 Å². The first-order valence-corrected chi connectivity index (χ1v) is 7.07. The monoisotopic (exact) mass is 297 g/mol. The average Bonchev–Trinajstić information content (AvgIpc) is 2.32. The smallest absolute Gasteiger partial charge is 0.243 e. The van der Waals surface area contributed by atoms with Crippen molar-refractivity contribution in [2.75, 3.05) is 6.61 Å². The number of aliphatic hydroxyl groups is 1. The van der Waals surface area contributed by atoms with E-state index in [2.05, 4.69) is 4.72 Å². The quantitative estimate of drug-likeness (QED) is 0.783. The first-order valence-electron chi connectivity index (χ1n) is 5.59. The highest BCUT2D eigenvalue weighted by Crippen LogP contribution is 2.19. The third-order valence-electron chi connectivity index (χ3n) is 2.56. The molecule has 1 unspecified atom stereocenters. The van der Waals surface area contributed by atoms with E-state index in [-0.39, 0.29) is 19.1 Å². The van der Waals surface area contributed by atoms with Crippen LogP contribution >= 0.6 is 0 Å². The minimum atomic E-state index is -4.31. The van der Waals surface area contributed by atoms with Gasteiger partial charge in [0.1, 0.15) is 10.7 Å². The summed E-state index contributed by atoms with van der Waals surface area (Å²) in [6.45, 7) is 1.42. The highest BCUT2D eigenvalue weighted by atomic mass is 32.2. The second-order valence-corrected chi connectivity index (χ2v) is 5.62. The minimum Gasteiger partial charge on any atom is -0.396 e. The highest BCUT2D eigenvalue weighted by molar-refractivity contribution is 7.89. The van der Waals surface area contributed by atoms with Crippen molar-refractivity contribution in [2.24, 2.45) is 0 Å². The van der Waals surface area contributed by atoms with Crippen LogP contribution in [-0.4, -0.2) is 26.2 Å². The van der Waals surface area contributed by atoms with Crippen LogP contribution in [0.15, 0.2) is 17.0 Å². The molecule has 0 heterocycles. The fraction of sp³-hybridized carbons (Fsp3) is 0.455. The first-order chi connectivity index (χ1) is 8.81. The SMILES string of the molecule is CCC(CCO)NS(=O)(=O)c1cc(F)c(F)cc1F. The van der Waals surface area contributed by atoms with Gasteiger partial charge in [0.2, 0.25) is 10.0 Å². The number of halogens is 3. The zero-order chi connectivity index (χ0) is 14.6. The third kappa shape index (κ3) is 3.92. The van der Waals surface area contributed by atoms with Crippen molar-refractivity contribution in [1.29, 1.82) is 0 Å². The maximum absolute atomic E-state index is 13.4. The van der Waals surface area contributed by atoms with E-state index in [0.717, 1.165) is 0 Å². The van der Waals surface area contributed by atoms with E-state index in [1.807, 2.05) is 0 Å². The van der Waals surface area contributed by atoms with Crippen molar-refractivity contribution >= 4 is 10.0 Å². The van der Waals surface area contributed by atoms with Gasteiger partial charge in [0, 0.05) is 18.7 Å². The molecule has 4 nitrogen and oxygen atoms in total. The Bertz CT molecular complexity index is 548. The molecule has 0 aliphatic carbocycles. The molecule has 0 amide bonds. The van der Waals surface area contributed by atoms with Gasteiger partial charge in [-0.05, 0) is 18.9 Å². The summed E-state index contributed by atoms with van der Waals surface area (Å²) in [7, 11) is -4.31. The van der Waals surface area contributed by atoms with E-state index >= 15 is 0 Å². The molecule has 2 N–H and O–H groups in total. The van der Waals surface area contributed by atoms with E-state index in [1.165, 1.54) is 0 Å². The molecule has 8 heteroatoms. The maximum atomic E-state index is 13.4. The zero-order valence-electron chi connectivity index (χ0n) is 10.2. The topological polar surface area (TPSA) is 66.4 Å². The number of hydrogen-bond donors (Lipinski definition) is 2. The standard InChI is InChI=1S/C11H14F3NO3S/c1-2-7(3-4-16)15-19(17,18)11-6-9(13)8(12)5-10(11)14/h5-7,15-16H,2-4H2,1H3. The molecule has 1 rings (SSSR count). The summed E-state index contributed by atoms with van der Waals surface area (Å²) < 4.78 is 64.9. The Hall–Kier alpha value is -1.12. The Morgan fingerprint density at radius 1 is 1.21 bits per heavy atom. The molecule has 19 heavy (non-hydrogen) atoms. The predicted octanol–water partition coefficient (Wildman–Crippen LogP) is 1.54.